The Morgan fingerprint density at radius 1 is 1.26 bits per heavy atom. The third-order valence-corrected chi connectivity index (χ3v) is 2.91. The van der Waals surface area contributed by atoms with Gasteiger partial charge < -0.3 is 9.84 Å². The normalized spacial score (nSPS) is 11.2. The lowest BCUT2D eigenvalue weighted by Crippen LogP contribution is -2.37. The molecule has 2 aromatic heterocycles. The summed E-state index contributed by atoms with van der Waals surface area (Å²) in [7, 11) is 2.94. The molecule has 19 heavy (non-hydrogen) atoms. The van der Waals surface area contributed by atoms with Gasteiger partial charge in [0.25, 0.3) is 11.6 Å². The van der Waals surface area contributed by atoms with Gasteiger partial charge in [0.2, 0.25) is 0 Å². The van der Waals surface area contributed by atoms with E-state index in [4.69, 9.17) is 9.84 Å². The van der Waals surface area contributed by atoms with E-state index in [0.717, 1.165) is 4.57 Å². The van der Waals surface area contributed by atoms with Crippen molar-refractivity contribution in [3.63, 3.8) is 0 Å². The van der Waals surface area contributed by atoms with Crippen molar-refractivity contribution in [2.24, 2.45) is 14.1 Å². The van der Waals surface area contributed by atoms with Crippen molar-refractivity contribution in [1.29, 1.82) is 0 Å². The summed E-state index contributed by atoms with van der Waals surface area (Å²) in [5, 5.41) is 9.09. The van der Waals surface area contributed by atoms with E-state index in [9.17, 15) is 9.59 Å². The number of rotatable bonds is 4. The first kappa shape index (κ1) is 13.3. The maximum Gasteiger partial charge on any atom is 0.332 e. The highest BCUT2D eigenvalue weighted by atomic mass is 16.5. The molecule has 0 bridgehead atoms. The van der Waals surface area contributed by atoms with Gasteiger partial charge in [0.1, 0.15) is 0 Å². The average molecular weight is 268 g/mol. The van der Waals surface area contributed by atoms with Crippen LogP contribution in [0.15, 0.2) is 9.59 Å². The van der Waals surface area contributed by atoms with E-state index >= 15 is 0 Å². The van der Waals surface area contributed by atoms with Crippen LogP contribution in [-0.2, 0) is 20.6 Å². The van der Waals surface area contributed by atoms with Crippen LogP contribution in [0.5, 0.6) is 6.01 Å². The quantitative estimate of drug-likeness (QED) is 0.754. The van der Waals surface area contributed by atoms with Gasteiger partial charge >= 0.3 is 5.69 Å². The molecule has 0 aliphatic rings. The maximum atomic E-state index is 12.2. The summed E-state index contributed by atoms with van der Waals surface area (Å²) >= 11 is 0. The van der Waals surface area contributed by atoms with E-state index in [1.165, 1.54) is 23.2 Å². The first-order valence-electron chi connectivity index (χ1n) is 5.92. The highest BCUT2D eigenvalue weighted by Gasteiger charge is 2.19. The van der Waals surface area contributed by atoms with Gasteiger partial charge in [0, 0.05) is 14.1 Å². The number of aliphatic hydroxyl groups excluding tert-OH is 1. The lowest BCUT2D eigenvalue weighted by Gasteiger charge is -2.07. The number of hydrogen-bond acceptors (Lipinski definition) is 5. The van der Waals surface area contributed by atoms with Crippen LogP contribution in [0.3, 0.4) is 0 Å². The second-order valence-corrected chi connectivity index (χ2v) is 4.08. The Kier molecular flexibility index (Phi) is 3.43. The smallest absolute Gasteiger partial charge is 0.332 e. The van der Waals surface area contributed by atoms with Gasteiger partial charge in [0.05, 0.1) is 19.8 Å². The molecule has 0 fully saturated rings. The van der Waals surface area contributed by atoms with Crippen molar-refractivity contribution >= 4 is 11.2 Å². The highest BCUT2D eigenvalue weighted by Crippen LogP contribution is 2.17. The molecule has 0 saturated carbocycles. The molecule has 0 amide bonds. The Hall–Kier alpha value is -2.09. The number of aryl methyl sites for hydroxylation is 1. The maximum absolute atomic E-state index is 12.2. The molecule has 0 aliphatic carbocycles. The Bertz CT molecular complexity index is 725. The molecular formula is C11H16N4O4. The van der Waals surface area contributed by atoms with Crippen LogP contribution >= 0.6 is 0 Å². The van der Waals surface area contributed by atoms with E-state index in [1.807, 2.05) is 0 Å². The third kappa shape index (κ3) is 1.93. The van der Waals surface area contributed by atoms with E-state index in [0.29, 0.717) is 6.61 Å². The molecule has 0 spiro atoms. The van der Waals surface area contributed by atoms with Gasteiger partial charge in [-0.05, 0) is 6.92 Å². The SMILES string of the molecule is CCOc1nc2c(c(=O)n(C)c(=O)n2C)n1CCO. The van der Waals surface area contributed by atoms with Gasteiger partial charge in [-0.25, -0.2) is 4.79 Å². The molecule has 0 atom stereocenters. The summed E-state index contributed by atoms with van der Waals surface area (Å²) in [6, 6.07) is 0.227. The molecule has 1 N–H and O–H groups in total. The summed E-state index contributed by atoms with van der Waals surface area (Å²) in [5.74, 6) is 0. The summed E-state index contributed by atoms with van der Waals surface area (Å²) in [5.41, 5.74) is -0.397. The molecule has 2 aromatic rings. The third-order valence-electron chi connectivity index (χ3n) is 2.91. The molecule has 2 rings (SSSR count). The number of aliphatic hydroxyl groups is 1. The minimum absolute atomic E-state index is 0.155. The Labute approximate surface area is 108 Å². The number of ether oxygens (including phenoxy) is 1. The second-order valence-electron chi connectivity index (χ2n) is 4.08. The summed E-state index contributed by atoms with van der Waals surface area (Å²) in [4.78, 5) is 28.2. The fourth-order valence-electron chi connectivity index (χ4n) is 1.97. The predicted octanol–water partition coefficient (Wildman–Crippen LogP) is -1.18. The van der Waals surface area contributed by atoms with Crippen molar-refractivity contribution in [2.75, 3.05) is 13.2 Å². The minimum atomic E-state index is -0.454. The van der Waals surface area contributed by atoms with Crippen molar-refractivity contribution in [3.8, 4) is 6.01 Å². The summed E-state index contributed by atoms with van der Waals surface area (Å²) in [6.45, 7) is 2.19. The van der Waals surface area contributed by atoms with Crippen molar-refractivity contribution in [3.05, 3.63) is 20.8 Å². The van der Waals surface area contributed by atoms with E-state index in [-0.39, 0.29) is 30.3 Å². The van der Waals surface area contributed by atoms with Gasteiger partial charge in [-0.1, -0.05) is 0 Å². The molecule has 8 nitrogen and oxygen atoms in total. The van der Waals surface area contributed by atoms with Crippen LogP contribution in [0.25, 0.3) is 11.2 Å². The van der Waals surface area contributed by atoms with Crippen molar-refractivity contribution in [1.82, 2.24) is 18.7 Å². The zero-order chi connectivity index (χ0) is 14.2. The van der Waals surface area contributed by atoms with Crippen LogP contribution in [0.1, 0.15) is 6.92 Å². The van der Waals surface area contributed by atoms with Gasteiger partial charge in [0.15, 0.2) is 11.2 Å². The molecular weight excluding hydrogens is 252 g/mol. The van der Waals surface area contributed by atoms with Crippen LogP contribution < -0.4 is 16.0 Å². The van der Waals surface area contributed by atoms with Gasteiger partial charge in [-0.2, -0.15) is 4.98 Å². The molecule has 104 valence electrons. The number of aromatic nitrogens is 4. The molecule has 8 heteroatoms. The predicted molar refractivity (Wildman–Crippen MR) is 68.5 cm³/mol. The summed E-state index contributed by atoms with van der Waals surface area (Å²) in [6.07, 6.45) is 0. The van der Waals surface area contributed by atoms with Crippen LogP contribution in [-0.4, -0.2) is 37.0 Å². The molecule has 0 unspecified atom stereocenters. The lowest BCUT2D eigenvalue weighted by atomic mass is 10.5. The largest absolute Gasteiger partial charge is 0.465 e. The Morgan fingerprint density at radius 2 is 1.95 bits per heavy atom. The van der Waals surface area contributed by atoms with Crippen LogP contribution in [0.2, 0.25) is 0 Å². The fraction of sp³-hybridized carbons (Fsp3) is 0.545. The van der Waals surface area contributed by atoms with Crippen molar-refractivity contribution < 1.29 is 9.84 Å². The molecule has 0 aromatic carbocycles. The zero-order valence-electron chi connectivity index (χ0n) is 11.1. The molecule has 2 heterocycles. The highest BCUT2D eigenvalue weighted by molar-refractivity contribution is 5.71. The van der Waals surface area contributed by atoms with Gasteiger partial charge in [-0.15, -0.1) is 0 Å². The second kappa shape index (κ2) is 4.88. The van der Waals surface area contributed by atoms with Crippen molar-refractivity contribution in [2.45, 2.75) is 13.5 Å². The summed E-state index contributed by atoms with van der Waals surface area (Å²) < 4.78 is 9.12. The standard InChI is InChI=1S/C11H16N4O4/c1-4-19-10-12-8-7(15(10)5-6-16)9(17)14(3)11(18)13(8)2/h16H,4-6H2,1-3H3. The first-order valence-corrected chi connectivity index (χ1v) is 5.92. The zero-order valence-corrected chi connectivity index (χ0v) is 11.1. The molecule has 0 aliphatic heterocycles. The fourth-order valence-corrected chi connectivity index (χ4v) is 1.97. The lowest BCUT2D eigenvalue weighted by molar-refractivity contribution is 0.253. The number of fused-ring (bicyclic) bond motifs is 1. The van der Waals surface area contributed by atoms with E-state index < -0.39 is 11.2 Å². The number of nitrogens with zero attached hydrogens (tertiary/aromatic N) is 4. The minimum Gasteiger partial charge on any atom is -0.465 e. The average Bonchev–Trinajstić information content (AvgIpc) is 2.74. The molecule has 0 radical (unpaired) electrons. The Morgan fingerprint density at radius 3 is 2.53 bits per heavy atom. The van der Waals surface area contributed by atoms with Crippen LogP contribution in [0.4, 0.5) is 0 Å². The monoisotopic (exact) mass is 268 g/mol. The number of hydrogen-bond donors (Lipinski definition) is 1. The van der Waals surface area contributed by atoms with E-state index in [1.54, 1.807) is 6.92 Å². The van der Waals surface area contributed by atoms with Crippen LogP contribution in [0, 0.1) is 0 Å². The number of imidazole rings is 1. The van der Waals surface area contributed by atoms with Gasteiger partial charge in [-0.3, -0.25) is 18.5 Å². The Balaban J connectivity index is 2.92. The molecule has 0 saturated heterocycles. The first-order chi connectivity index (χ1) is 9.02. The van der Waals surface area contributed by atoms with E-state index in [2.05, 4.69) is 4.98 Å². The topological polar surface area (TPSA) is 91.3 Å².